The molecule has 3 atom stereocenters. The van der Waals surface area contributed by atoms with Crippen molar-refractivity contribution < 1.29 is 0 Å². The Hall–Kier alpha value is -3.00. The molecule has 2 nitrogen and oxygen atoms in total. The molecule has 0 spiro atoms. The highest BCUT2D eigenvalue weighted by atomic mass is 15.0. The molecule has 2 aliphatic rings. The Labute approximate surface area is 173 Å². The van der Waals surface area contributed by atoms with Crippen LogP contribution in [0.15, 0.2) is 84.9 Å². The van der Waals surface area contributed by atoms with E-state index in [9.17, 15) is 0 Å². The van der Waals surface area contributed by atoms with Crippen molar-refractivity contribution in [2.75, 3.05) is 10.6 Å². The van der Waals surface area contributed by atoms with Crippen molar-refractivity contribution in [2.45, 2.75) is 38.1 Å². The van der Waals surface area contributed by atoms with Gasteiger partial charge in [-0.1, -0.05) is 68.5 Å². The molecule has 0 saturated carbocycles. The minimum atomic E-state index is 0.358. The van der Waals surface area contributed by atoms with Crippen molar-refractivity contribution in [1.29, 1.82) is 0 Å². The van der Waals surface area contributed by atoms with Crippen LogP contribution in [-0.4, -0.2) is 0 Å². The minimum Gasteiger partial charge on any atom is -0.378 e. The van der Waals surface area contributed by atoms with Gasteiger partial charge in [-0.15, -0.1) is 0 Å². The summed E-state index contributed by atoms with van der Waals surface area (Å²) in [6.07, 6.45) is 5.90. The van der Waals surface area contributed by atoms with Gasteiger partial charge in [0, 0.05) is 23.0 Å². The summed E-state index contributed by atoms with van der Waals surface area (Å²) in [6, 6.07) is 26.7. The second kappa shape index (κ2) is 7.44. The summed E-state index contributed by atoms with van der Waals surface area (Å²) >= 11 is 0. The van der Waals surface area contributed by atoms with Crippen LogP contribution < -0.4 is 10.6 Å². The summed E-state index contributed by atoms with van der Waals surface area (Å²) in [5.74, 6) is 1.61. The molecular weight excluding hydrogens is 352 g/mol. The van der Waals surface area contributed by atoms with Crippen LogP contribution in [0.1, 0.15) is 54.8 Å². The molecule has 29 heavy (non-hydrogen) atoms. The quantitative estimate of drug-likeness (QED) is 0.461. The van der Waals surface area contributed by atoms with Crippen LogP contribution in [0, 0.1) is 5.92 Å². The Balaban J connectivity index is 1.45. The molecule has 1 heterocycles. The van der Waals surface area contributed by atoms with Gasteiger partial charge in [0.05, 0.1) is 6.04 Å². The van der Waals surface area contributed by atoms with Crippen molar-refractivity contribution >= 4 is 17.1 Å². The van der Waals surface area contributed by atoms with E-state index in [0.29, 0.717) is 23.8 Å². The maximum absolute atomic E-state index is 3.86. The second-order valence-electron chi connectivity index (χ2n) is 8.59. The maximum Gasteiger partial charge on any atom is 0.0553 e. The number of anilines is 3. The molecule has 3 unspecified atom stereocenters. The van der Waals surface area contributed by atoms with Crippen LogP contribution >= 0.6 is 0 Å². The van der Waals surface area contributed by atoms with Crippen LogP contribution in [0.25, 0.3) is 0 Å². The lowest BCUT2D eigenvalue weighted by atomic mass is 9.76. The molecule has 0 bridgehead atoms. The number of benzene rings is 3. The predicted molar refractivity (Wildman–Crippen MR) is 123 cm³/mol. The molecule has 3 aromatic carbocycles. The Morgan fingerprint density at radius 2 is 1.69 bits per heavy atom. The van der Waals surface area contributed by atoms with Gasteiger partial charge in [0.1, 0.15) is 0 Å². The van der Waals surface area contributed by atoms with Crippen LogP contribution in [0.2, 0.25) is 0 Å². The van der Waals surface area contributed by atoms with Crippen molar-refractivity contribution in [2.24, 2.45) is 5.92 Å². The van der Waals surface area contributed by atoms with Gasteiger partial charge in [-0.3, -0.25) is 0 Å². The average Bonchev–Trinajstić information content (AvgIpc) is 3.24. The van der Waals surface area contributed by atoms with E-state index in [0.717, 1.165) is 17.8 Å². The Morgan fingerprint density at radius 3 is 2.45 bits per heavy atom. The topological polar surface area (TPSA) is 24.1 Å². The molecule has 5 rings (SSSR count). The second-order valence-corrected chi connectivity index (χ2v) is 8.59. The van der Waals surface area contributed by atoms with E-state index in [1.807, 2.05) is 6.07 Å². The molecule has 0 fully saturated rings. The molecule has 146 valence electrons. The number of allylic oxidation sites excluding steroid dienone is 2. The third-order valence-electron chi connectivity index (χ3n) is 6.39. The third kappa shape index (κ3) is 3.44. The predicted octanol–water partition coefficient (Wildman–Crippen LogP) is 7.38. The Bertz CT molecular complexity index is 1020. The number of para-hydroxylation sites is 1. The fourth-order valence-electron chi connectivity index (χ4n) is 4.78. The van der Waals surface area contributed by atoms with Gasteiger partial charge in [-0.2, -0.15) is 0 Å². The Morgan fingerprint density at radius 1 is 0.897 bits per heavy atom. The van der Waals surface area contributed by atoms with Crippen molar-refractivity contribution in [3.05, 3.63) is 102 Å². The lowest BCUT2D eigenvalue weighted by Crippen LogP contribution is -2.29. The first-order valence-electron chi connectivity index (χ1n) is 10.7. The summed E-state index contributed by atoms with van der Waals surface area (Å²) in [4.78, 5) is 0. The molecule has 3 aromatic rings. The van der Waals surface area contributed by atoms with E-state index in [2.05, 4.69) is 103 Å². The van der Waals surface area contributed by atoms with E-state index >= 15 is 0 Å². The molecule has 0 aromatic heterocycles. The highest BCUT2D eigenvalue weighted by Gasteiger charge is 2.37. The van der Waals surface area contributed by atoms with Gasteiger partial charge in [0.15, 0.2) is 0 Å². The van der Waals surface area contributed by atoms with Crippen molar-refractivity contribution in [3.8, 4) is 0 Å². The highest BCUT2D eigenvalue weighted by molar-refractivity contribution is 5.68. The lowest BCUT2D eigenvalue weighted by Gasteiger charge is -2.38. The highest BCUT2D eigenvalue weighted by Crippen LogP contribution is 2.50. The maximum atomic E-state index is 3.86. The summed E-state index contributed by atoms with van der Waals surface area (Å²) in [7, 11) is 0. The molecule has 0 radical (unpaired) electrons. The number of fused-ring (bicyclic) bond motifs is 3. The largest absolute Gasteiger partial charge is 0.378 e. The van der Waals surface area contributed by atoms with Gasteiger partial charge in [0.2, 0.25) is 0 Å². The standard InChI is InChI=1S/C27H28N2/c1-18(2)19-11-13-20(14-12-19)27-24-10-6-9-23(24)25-17-22(15-16-26(25)29-27)28-21-7-4-3-5-8-21/h3-9,11-18,23-24,27-29H,10H2,1-2H3. The van der Waals surface area contributed by atoms with E-state index in [1.165, 1.54) is 22.4 Å². The summed E-state index contributed by atoms with van der Waals surface area (Å²) < 4.78 is 0. The van der Waals surface area contributed by atoms with Crippen molar-refractivity contribution in [3.63, 3.8) is 0 Å². The summed E-state index contributed by atoms with van der Waals surface area (Å²) in [6.45, 7) is 4.50. The fourth-order valence-corrected chi connectivity index (χ4v) is 4.78. The fraction of sp³-hybridized carbons (Fsp3) is 0.259. The van der Waals surface area contributed by atoms with Crippen LogP contribution in [0.3, 0.4) is 0 Å². The van der Waals surface area contributed by atoms with E-state index in [4.69, 9.17) is 0 Å². The smallest absolute Gasteiger partial charge is 0.0553 e. The molecular formula is C27H28N2. The molecule has 0 saturated heterocycles. The zero-order chi connectivity index (χ0) is 19.8. The monoisotopic (exact) mass is 380 g/mol. The van der Waals surface area contributed by atoms with Crippen LogP contribution in [0.5, 0.6) is 0 Å². The third-order valence-corrected chi connectivity index (χ3v) is 6.39. The van der Waals surface area contributed by atoms with Gasteiger partial charge >= 0.3 is 0 Å². The van der Waals surface area contributed by atoms with Gasteiger partial charge in [0.25, 0.3) is 0 Å². The van der Waals surface area contributed by atoms with E-state index in [-0.39, 0.29) is 0 Å². The van der Waals surface area contributed by atoms with Gasteiger partial charge in [-0.05, 0) is 65.3 Å². The summed E-state index contributed by atoms with van der Waals surface area (Å²) in [5.41, 5.74) is 7.73. The SMILES string of the molecule is CC(C)c1ccc(C2Nc3ccc(Nc4ccccc4)cc3C3C=CCC32)cc1. The summed E-state index contributed by atoms with van der Waals surface area (Å²) in [5, 5.41) is 7.40. The number of hydrogen-bond acceptors (Lipinski definition) is 2. The number of rotatable bonds is 4. The van der Waals surface area contributed by atoms with Crippen LogP contribution in [-0.2, 0) is 0 Å². The zero-order valence-corrected chi connectivity index (χ0v) is 17.1. The molecule has 1 aliphatic carbocycles. The lowest BCUT2D eigenvalue weighted by molar-refractivity contribution is 0.425. The zero-order valence-electron chi connectivity index (χ0n) is 17.1. The minimum absolute atomic E-state index is 0.358. The molecule has 0 amide bonds. The first-order chi connectivity index (χ1) is 14.2. The van der Waals surface area contributed by atoms with E-state index < -0.39 is 0 Å². The first-order valence-corrected chi connectivity index (χ1v) is 10.7. The average molecular weight is 381 g/mol. The molecule has 1 aliphatic heterocycles. The Kier molecular flexibility index (Phi) is 4.63. The van der Waals surface area contributed by atoms with E-state index in [1.54, 1.807) is 0 Å². The normalized spacial score (nSPS) is 22.1. The molecule has 2 heteroatoms. The number of nitrogens with one attached hydrogen (secondary N) is 2. The van der Waals surface area contributed by atoms with Crippen LogP contribution in [0.4, 0.5) is 17.1 Å². The first kappa shape index (κ1) is 18.1. The van der Waals surface area contributed by atoms with Crippen molar-refractivity contribution in [1.82, 2.24) is 0 Å². The molecule has 2 N–H and O–H groups in total. The van der Waals surface area contributed by atoms with Gasteiger partial charge in [-0.25, -0.2) is 0 Å². The number of hydrogen-bond donors (Lipinski definition) is 2. The van der Waals surface area contributed by atoms with Gasteiger partial charge < -0.3 is 10.6 Å².